The summed E-state index contributed by atoms with van der Waals surface area (Å²) in [5.41, 5.74) is 2.76. The Morgan fingerprint density at radius 1 is 0.750 bits per heavy atom. The molecule has 0 saturated heterocycles. The molecule has 0 unspecified atom stereocenters. The molecule has 0 atom stereocenters. The van der Waals surface area contributed by atoms with Crippen molar-refractivity contribution in [2.75, 3.05) is 13.2 Å². The summed E-state index contributed by atoms with van der Waals surface area (Å²) in [4.78, 5) is 0. The van der Waals surface area contributed by atoms with Crippen molar-refractivity contribution < 1.29 is 10.2 Å². The van der Waals surface area contributed by atoms with Crippen LogP contribution < -0.4 is 0 Å². The molecule has 0 amide bonds. The summed E-state index contributed by atoms with van der Waals surface area (Å²) in [5.74, 6) is 0. The Hall–Kier alpha value is 0.179. The van der Waals surface area contributed by atoms with Gasteiger partial charge in [0.25, 0.3) is 0 Å². The normalized spacial score (nSPS) is 10.6. The van der Waals surface area contributed by atoms with E-state index in [0.717, 1.165) is 21.3 Å². The van der Waals surface area contributed by atoms with E-state index >= 15 is 0 Å². The molecule has 0 spiro atoms. The second-order valence-electron chi connectivity index (χ2n) is 3.37. The quantitative estimate of drug-likeness (QED) is 0.540. The van der Waals surface area contributed by atoms with E-state index in [1.165, 1.54) is 11.1 Å². The van der Waals surface area contributed by atoms with Gasteiger partial charge in [0.1, 0.15) is 0 Å². The molecule has 4 heteroatoms. The molecule has 16 heavy (non-hydrogen) atoms. The molecule has 0 saturated carbocycles. The van der Waals surface area contributed by atoms with Crippen LogP contribution in [-0.4, -0.2) is 53.3 Å². The van der Waals surface area contributed by atoms with E-state index < -0.39 is 0 Å². The molecule has 90 valence electrons. The Bertz CT molecular complexity index is 246. The first kappa shape index (κ1) is 14.2. The van der Waals surface area contributed by atoms with E-state index in [1.54, 1.807) is 0 Å². The second kappa shape index (κ2) is 9.23. The zero-order valence-corrected chi connectivity index (χ0v) is 12.7. The van der Waals surface area contributed by atoms with Crippen LogP contribution in [0.5, 0.6) is 0 Å². The Morgan fingerprint density at radius 3 is 1.44 bits per heavy atom. The summed E-state index contributed by atoms with van der Waals surface area (Å²) in [7, 11) is 0. The second-order valence-corrected chi connectivity index (χ2v) is 8.01. The SMILES string of the molecule is OCC[Se]Cc1ccc(C[Se]CCO)cc1. The minimum absolute atomic E-state index is 0.321. The number of benzene rings is 1. The van der Waals surface area contributed by atoms with Crippen molar-refractivity contribution >= 4 is 29.9 Å². The third kappa shape index (κ3) is 6.05. The van der Waals surface area contributed by atoms with E-state index in [0.29, 0.717) is 43.1 Å². The van der Waals surface area contributed by atoms with E-state index in [4.69, 9.17) is 10.2 Å². The summed E-state index contributed by atoms with van der Waals surface area (Å²) in [6.45, 7) is 0.642. The molecular weight excluding hydrogens is 334 g/mol. The minimum atomic E-state index is 0.321. The monoisotopic (exact) mass is 354 g/mol. The predicted octanol–water partition coefficient (Wildman–Crippen LogP) is 0.916. The Labute approximate surface area is 110 Å². The molecule has 0 aliphatic heterocycles. The van der Waals surface area contributed by atoms with E-state index in [1.807, 2.05) is 0 Å². The first-order valence-corrected chi connectivity index (χ1v) is 10.2. The van der Waals surface area contributed by atoms with Crippen LogP contribution in [0.2, 0.25) is 10.6 Å². The van der Waals surface area contributed by atoms with Crippen molar-refractivity contribution in [3.05, 3.63) is 35.4 Å². The summed E-state index contributed by atoms with van der Waals surface area (Å²) in [6, 6.07) is 8.79. The van der Waals surface area contributed by atoms with Crippen LogP contribution in [-0.2, 0) is 10.6 Å². The summed E-state index contributed by atoms with van der Waals surface area (Å²) < 4.78 is 0. The molecule has 1 aromatic rings. The molecule has 0 aromatic heterocycles. The van der Waals surface area contributed by atoms with Crippen molar-refractivity contribution in [2.45, 2.75) is 21.3 Å². The number of hydrogen-bond donors (Lipinski definition) is 2. The first-order valence-electron chi connectivity index (χ1n) is 5.32. The van der Waals surface area contributed by atoms with Crippen LogP contribution in [0.15, 0.2) is 24.3 Å². The summed E-state index contributed by atoms with van der Waals surface area (Å²) in [6.07, 6.45) is 0. The maximum absolute atomic E-state index is 8.71. The Balaban J connectivity index is 2.30. The maximum atomic E-state index is 8.71. The van der Waals surface area contributed by atoms with Crippen LogP contribution in [0.25, 0.3) is 0 Å². The summed E-state index contributed by atoms with van der Waals surface area (Å²) in [5, 5.41) is 21.6. The van der Waals surface area contributed by atoms with Gasteiger partial charge in [-0.3, -0.25) is 0 Å². The van der Waals surface area contributed by atoms with Gasteiger partial charge in [-0.2, -0.15) is 0 Å². The van der Waals surface area contributed by atoms with Crippen molar-refractivity contribution in [3.63, 3.8) is 0 Å². The standard InChI is InChI=1S/C12H18O2Se2/c13-5-7-15-9-11-1-2-12(4-3-11)10-16-8-6-14/h1-4,13-14H,5-10H2. The van der Waals surface area contributed by atoms with Crippen LogP contribution in [0.1, 0.15) is 11.1 Å². The third-order valence-corrected chi connectivity index (χ3v) is 6.26. The average molecular weight is 352 g/mol. The van der Waals surface area contributed by atoms with Gasteiger partial charge in [0.05, 0.1) is 0 Å². The summed E-state index contributed by atoms with van der Waals surface area (Å²) >= 11 is 1.08. The molecule has 1 rings (SSSR count). The van der Waals surface area contributed by atoms with Gasteiger partial charge in [-0.15, -0.1) is 0 Å². The van der Waals surface area contributed by atoms with Crippen molar-refractivity contribution in [1.29, 1.82) is 0 Å². The molecule has 0 bridgehead atoms. The van der Waals surface area contributed by atoms with Crippen LogP contribution in [0.4, 0.5) is 0 Å². The average Bonchev–Trinajstić information content (AvgIpc) is 2.32. The fourth-order valence-corrected chi connectivity index (χ4v) is 4.18. The van der Waals surface area contributed by atoms with Gasteiger partial charge in [0.2, 0.25) is 0 Å². The molecule has 2 nitrogen and oxygen atoms in total. The van der Waals surface area contributed by atoms with E-state index in [9.17, 15) is 0 Å². The van der Waals surface area contributed by atoms with Crippen molar-refractivity contribution in [3.8, 4) is 0 Å². The number of rotatable bonds is 8. The number of hydrogen-bond acceptors (Lipinski definition) is 2. The first-order chi connectivity index (χ1) is 7.86. The zero-order valence-electron chi connectivity index (χ0n) is 9.26. The molecule has 0 radical (unpaired) electrons. The fraction of sp³-hybridized carbons (Fsp3) is 0.500. The molecule has 0 aliphatic rings. The van der Waals surface area contributed by atoms with Gasteiger partial charge in [-0.1, -0.05) is 0 Å². The fourth-order valence-electron chi connectivity index (χ4n) is 1.24. The van der Waals surface area contributed by atoms with Gasteiger partial charge >= 0.3 is 110 Å². The molecule has 0 fully saturated rings. The number of aliphatic hydroxyl groups is 2. The number of aliphatic hydroxyl groups excluding tert-OH is 2. The van der Waals surface area contributed by atoms with Crippen LogP contribution in [0.3, 0.4) is 0 Å². The molecule has 2 N–H and O–H groups in total. The van der Waals surface area contributed by atoms with Crippen molar-refractivity contribution in [2.24, 2.45) is 0 Å². The van der Waals surface area contributed by atoms with Gasteiger partial charge < -0.3 is 0 Å². The third-order valence-electron chi connectivity index (χ3n) is 2.03. The van der Waals surface area contributed by atoms with Gasteiger partial charge in [-0.05, 0) is 0 Å². The van der Waals surface area contributed by atoms with Gasteiger partial charge in [-0.25, -0.2) is 0 Å². The van der Waals surface area contributed by atoms with Gasteiger partial charge in [0.15, 0.2) is 0 Å². The van der Waals surface area contributed by atoms with Gasteiger partial charge in [0, 0.05) is 0 Å². The predicted molar refractivity (Wildman–Crippen MR) is 69.1 cm³/mol. The Morgan fingerprint density at radius 2 is 1.12 bits per heavy atom. The van der Waals surface area contributed by atoms with Crippen LogP contribution >= 0.6 is 0 Å². The molecule has 0 aliphatic carbocycles. The van der Waals surface area contributed by atoms with Crippen LogP contribution in [0, 0.1) is 0 Å². The van der Waals surface area contributed by atoms with E-state index in [-0.39, 0.29) is 0 Å². The Kier molecular flexibility index (Phi) is 8.22. The molecule has 1 aromatic carbocycles. The van der Waals surface area contributed by atoms with Crippen molar-refractivity contribution in [1.82, 2.24) is 0 Å². The topological polar surface area (TPSA) is 40.5 Å². The molecular formula is C12H18O2Se2. The molecule has 0 heterocycles. The van der Waals surface area contributed by atoms with E-state index in [2.05, 4.69) is 24.3 Å². The zero-order chi connectivity index (χ0) is 11.6.